The van der Waals surface area contributed by atoms with Crippen molar-refractivity contribution in [3.8, 4) is 0 Å². The minimum Gasteiger partial charge on any atom is -0.480 e. The molecule has 82 valence electrons. The van der Waals surface area contributed by atoms with Gasteiger partial charge in [0.2, 0.25) is 0 Å². The molecule has 0 aliphatic heterocycles. The van der Waals surface area contributed by atoms with Crippen molar-refractivity contribution >= 4 is 58.8 Å². The summed E-state index contributed by atoms with van der Waals surface area (Å²) < 4.78 is 2.45. The van der Waals surface area contributed by atoms with E-state index in [4.69, 9.17) is 10.2 Å². The molecule has 0 aliphatic rings. The zero-order valence-electron chi connectivity index (χ0n) is 6.69. The Hall–Kier alpha value is 0.300. The van der Waals surface area contributed by atoms with Gasteiger partial charge in [0.05, 0.1) is 0 Å². The molecular weight excluding hydrogens is 268 g/mol. The fourth-order valence-corrected chi connectivity index (χ4v) is 2.84. The van der Waals surface area contributed by atoms with E-state index in [0.717, 1.165) is 21.6 Å². The van der Waals surface area contributed by atoms with Gasteiger partial charge >= 0.3 is 11.9 Å². The molecule has 0 radical (unpaired) electrons. The second-order valence-corrected chi connectivity index (χ2v) is 6.04. The highest BCUT2D eigenvalue weighted by atomic mass is 33.1. The lowest BCUT2D eigenvalue weighted by Crippen LogP contribution is -2.15. The van der Waals surface area contributed by atoms with Gasteiger partial charge < -0.3 is 14.9 Å². The van der Waals surface area contributed by atoms with Gasteiger partial charge in [-0.1, -0.05) is 21.6 Å². The summed E-state index contributed by atoms with van der Waals surface area (Å²) in [5, 5.41) is 16.7. The van der Waals surface area contributed by atoms with Gasteiger partial charge in [-0.2, -0.15) is 25.3 Å². The quantitative estimate of drug-likeness (QED) is 0.243. The number of carboxylic acid groups (broad SMARTS) is 1. The normalized spacial score (nSPS) is 14.5. The highest BCUT2D eigenvalue weighted by Gasteiger charge is 2.20. The number of carbonyl (C=O) groups is 2. The largest absolute Gasteiger partial charge is 0.480 e. The van der Waals surface area contributed by atoms with Crippen LogP contribution in [0, 0.1) is 0 Å². The van der Waals surface area contributed by atoms with Crippen LogP contribution in [0.3, 0.4) is 0 Å². The molecule has 0 rings (SSSR count). The fourth-order valence-electron chi connectivity index (χ4n) is 0.321. The SMILES string of the molecule is O=C(O)C(S)SSC(S)C(=O)OCO. The van der Waals surface area contributed by atoms with Crippen molar-refractivity contribution in [3.63, 3.8) is 0 Å². The van der Waals surface area contributed by atoms with Gasteiger partial charge in [-0.3, -0.25) is 4.79 Å². The third kappa shape index (κ3) is 5.91. The molecule has 0 fully saturated rings. The summed E-state index contributed by atoms with van der Waals surface area (Å²) in [7, 11) is 1.77. The second kappa shape index (κ2) is 7.57. The molecule has 9 heteroatoms. The summed E-state index contributed by atoms with van der Waals surface area (Å²) in [6, 6.07) is 0. The van der Waals surface area contributed by atoms with Gasteiger partial charge in [0.15, 0.2) is 16.0 Å². The van der Waals surface area contributed by atoms with Crippen LogP contribution in [0.15, 0.2) is 0 Å². The highest BCUT2D eigenvalue weighted by Crippen LogP contribution is 2.35. The standard InChI is InChI=1S/C5H8O5S4/c6-1-10-3(9)5(12)14-13-4(11)2(7)8/h4-6,11-12H,1H2,(H,7,8). The van der Waals surface area contributed by atoms with Crippen LogP contribution in [0.4, 0.5) is 0 Å². The van der Waals surface area contributed by atoms with E-state index >= 15 is 0 Å². The number of rotatable bonds is 6. The van der Waals surface area contributed by atoms with Gasteiger partial charge in [-0.25, -0.2) is 4.79 Å². The number of aliphatic hydroxyl groups excluding tert-OH is 1. The van der Waals surface area contributed by atoms with Crippen molar-refractivity contribution < 1.29 is 24.5 Å². The van der Waals surface area contributed by atoms with Crippen LogP contribution >= 0.6 is 46.8 Å². The molecule has 0 aromatic heterocycles. The number of esters is 1. The molecule has 14 heavy (non-hydrogen) atoms. The number of hydrogen-bond acceptors (Lipinski definition) is 8. The number of ether oxygens (including phenoxy) is 1. The summed E-state index contributed by atoms with van der Waals surface area (Å²) in [5.41, 5.74) is 0. The number of aliphatic hydroxyl groups is 1. The smallest absolute Gasteiger partial charge is 0.332 e. The molecule has 0 saturated heterocycles. The first-order chi connectivity index (χ1) is 6.49. The molecule has 5 nitrogen and oxygen atoms in total. The van der Waals surface area contributed by atoms with Crippen LogP contribution in [0.1, 0.15) is 0 Å². The minimum absolute atomic E-state index is 0.718. The highest BCUT2D eigenvalue weighted by molar-refractivity contribution is 8.79. The topological polar surface area (TPSA) is 83.8 Å². The van der Waals surface area contributed by atoms with Gasteiger partial charge in [0.25, 0.3) is 0 Å². The zero-order valence-corrected chi connectivity index (χ0v) is 10.1. The number of carboxylic acids is 1. The van der Waals surface area contributed by atoms with Crippen LogP contribution in [0.2, 0.25) is 0 Å². The fraction of sp³-hybridized carbons (Fsp3) is 0.600. The Kier molecular flexibility index (Phi) is 7.74. The molecule has 0 aromatic carbocycles. The van der Waals surface area contributed by atoms with Crippen molar-refractivity contribution in [1.29, 1.82) is 0 Å². The maximum absolute atomic E-state index is 10.9. The molecule has 0 aliphatic carbocycles. The Balaban J connectivity index is 3.78. The molecule has 0 heterocycles. The predicted octanol–water partition coefficient (Wildman–Crippen LogP) is 0.457. The predicted molar refractivity (Wildman–Crippen MR) is 61.5 cm³/mol. The van der Waals surface area contributed by atoms with Crippen molar-refractivity contribution in [2.75, 3.05) is 6.79 Å². The average molecular weight is 276 g/mol. The first kappa shape index (κ1) is 14.3. The van der Waals surface area contributed by atoms with Gasteiger partial charge in [-0.05, 0) is 0 Å². The monoisotopic (exact) mass is 276 g/mol. The van der Waals surface area contributed by atoms with Crippen LogP contribution < -0.4 is 0 Å². The first-order valence-electron chi connectivity index (χ1n) is 3.17. The van der Waals surface area contributed by atoms with Crippen LogP contribution in [-0.4, -0.2) is 38.1 Å². The Labute approximate surface area is 99.2 Å². The Morgan fingerprint density at radius 3 is 2.21 bits per heavy atom. The van der Waals surface area contributed by atoms with E-state index in [1.807, 2.05) is 0 Å². The zero-order chi connectivity index (χ0) is 11.1. The summed E-state index contributed by atoms with van der Waals surface area (Å²) in [4.78, 5) is 21.2. The van der Waals surface area contributed by atoms with E-state index in [2.05, 4.69) is 30.0 Å². The maximum Gasteiger partial charge on any atom is 0.332 e. The molecule has 2 unspecified atom stereocenters. The van der Waals surface area contributed by atoms with E-state index in [-0.39, 0.29) is 0 Å². The van der Waals surface area contributed by atoms with Gasteiger partial charge in [-0.15, -0.1) is 0 Å². The molecule has 0 amide bonds. The van der Waals surface area contributed by atoms with Gasteiger partial charge in [0.1, 0.15) is 0 Å². The molecule has 0 spiro atoms. The average Bonchev–Trinajstić information content (AvgIpc) is 2.13. The molecule has 0 bridgehead atoms. The van der Waals surface area contributed by atoms with Crippen molar-refractivity contribution in [3.05, 3.63) is 0 Å². The Morgan fingerprint density at radius 1 is 1.29 bits per heavy atom. The van der Waals surface area contributed by atoms with Crippen LogP contribution in [0.5, 0.6) is 0 Å². The van der Waals surface area contributed by atoms with Gasteiger partial charge in [0, 0.05) is 0 Å². The van der Waals surface area contributed by atoms with Crippen molar-refractivity contribution in [2.45, 2.75) is 9.16 Å². The van der Waals surface area contributed by atoms with E-state index in [1.54, 1.807) is 0 Å². The van der Waals surface area contributed by atoms with Crippen molar-refractivity contribution in [1.82, 2.24) is 0 Å². The summed E-state index contributed by atoms with van der Waals surface area (Å²) >= 11 is 7.56. The van der Waals surface area contributed by atoms with E-state index < -0.39 is 27.9 Å². The molecule has 0 aromatic rings. The first-order valence-corrected chi connectivity index (χ1v) is 6.48. The number of hydrogen-bond donors (Lipinski definition) is 4. The lowest BCUT2D eigenvalue weighted by atomic mass is 10.8. The summed E-state index contributed by atoms with van der Waals surface area (Å²) in [6.07, 6.45) is 0. The lowest BCUT2D eigenvalue weighted by Gasteiger charge is -2.09. The molecule has 2 N–H and O–H groups in total. The van der Waals surface area contributed by atoms with Crippen molar-refractivity contribution in [2.24, 2.45) is 0 Å². The minimum atomic E-state index is -1.10. The molecular formula is C5H8O5S4. The number of carbonyl (C=O) groups excluding carboxylic acids is 1. The van der Waals surface area contributed by atoms with Crippen LogP contribution in [0.25, 0.3) is 0 Å². The third-order valence-electron chi connectivity index (χ3n) is 0.858. The number of thiol groups is 2. The molecule has 2 atom stereocenters. The van der Waals surface area contributed by atoms with Crippen LogP contribution in [-0.2, 0) is 14.3 Å². The lowest BCUT2D eigenvalue weighted by molar-refractivity contribution is -0.149. The second-order valence-electron chi connectivity index (χ2n) is 1.83. The van der Waals surface area contributed by atoms with E-state index in [9.17, 15) is 9.59 Å². The maximum atomic E-state index is 10.9. The van der Waals surface area contributed by atoms with E-state index in [0.29, 0.717) is 0 Å². The molecule has 0 saturated carbocycles. The van der Waals surface area contributed by atoms with E-state index in [1.165, 1.54) is 0 Å². The third-order valence-corrected chi connectivity index (χ3v) is 5.14. The summed E-state index contributed by atoms with van der Waals surface area (Å²) in [5.74, 6) is -1.82. The number of aliphatic carboxylic acids is 1. The summed E-state index contributed by atoms with van der Waals surface area (Å²) in [6.45, 7) is -0.718. The Morgan fingerprint density at radius 2 is 1.79 bits per heavy atom. The Bertz CT molecular complexity index is 210.